The van der Waals surface area contributed by atoms with Crippen LogP contribution in [0.4, 0.5) is 0 Å². The Labute approximate surface area is 125 Å². The molecule has 0 unspecified atom stereocenters. The Bertz CT molecular complexity index is 450. The van der Waals surface area contributed by atoms with E-state index in [0.29, 0.717) is 17.0 Å². The minimum atomic E-state index is -0.852. The van der Waals surface area contributed by atoms with E-state index in [1.54, 1.807) is 12.1 Å². The second kappa shape index (κ2) is 6.22. The summed E-state index contributed by atoms with van der Waals surface area (Å²) in [7, 11) is 0. The lowest BCUT2D eigenvalue weighted by molar-refractivity contribution is -0.167. The van der Waals surface area contributed by atoms with Crippen molar-refractivity contribution in [1.29, 1.82) is 0 Å². The molecule has 6 heteroatoms. The van der Waals surface area contributed by atoms with E-state index in [9.17, 15) is 4.79 Å². The molecule has 1 aliphatic heterocycles. The molecule has 4 nitrogen and oxygen atoms in total. The van der Waals surface area contributed by atoms with E-state index in [1.165, 1.54) is 6.92 Å². The number of hydrogen-bond acceptors (Lipinski definition) is 4. The number of hydrogen-bond donors (Lipinski definition) is 0. The Morgan fingerprint density at radius 3 is 2.79 bits per heavy atom. The molecular weight excluding hydrogens is 335 g/mol. The molecule has 1 saturated heterocycles. The van der Waals surface area contributed by atoms with E-state index in [0.717, 1.165) is 5.56 Å². The van der Waals surface area contributed by atoms with Gasteiger partial charge >= 0.3 is 5.97 Å². The van der Waals surface area contributed by atoms with Gasteiger partial charge in [0.15, 0.2) is 0 Å². The SMILES string of the molecule is CC(=O)OC[C@@H]1CO[C@@](CBr)(c2ccc(Cl)cc2)O1. The standard InChI is InChI=1S/C13H14BrClO4/c1-9(16)17-6-12-7-18-13(8-14,19-12)10-2-4-11(15)5-3-10/h2-5,12H,6-8H2,1H3/t12-,13-/m1/s1. The van der Waals surface area contributed by atoms with Gasteiger partial charge in [0.2, 0.25) is 5.79 Å². The molecule has 0 aromatic heterocycles. The summed E-state index contributed by atoms with van der Waals surface area (Å²) in [5.74, 6) is -1.18. The van der Waals surface area contributed by atoms with E-state index in [4.69, 9.17) is 25.8 Å². The van der Waals surface area contributed by atoms with Crippen LogP contribution in [0.5, 0.6) is 0 Å². The van der Waals surface area contributed by atoms with Gasteiger partial charge in [0.25, 0.3) is 0 Å². The topological polar surface area (TPSA) is 44.8 Å². The molecule has 2 atom stereocenters. The third-order valence-electron chi connectivity index (χ3n) is 2.79. The first-order valence-corrected chi connectivity index (χ1v) is 7.33. The largest absolute Gasteiger partial charge is 0.463 e. The van der Waals surface area contributed by atoms with Crippen molar-refractivity contribution in [1.82, 2.24) is 0 Å². The lowest BCUT2D eigenvalue weighted by Crippen LogP contribution is -2.31. The second-order valence-corrected chi connectivity index (χ2v) is 5.24. The lowest BCUT2D eigenvalue weighted by Gasteiger charge is -2.26. The summed E-state index contributed by atoms with van der Waals surface area (Å²) < 4.78 is 16.6. The Kier molecular flexibility index (Phi) is 4.84. The van der Waals surface area contributed by atoms with Gasteiger partial charge in [0.1, 0.15) is 12.7 Å². The van der Waals surface area contributed by atoms with Crippen LogP contribution in [0, 0.1) is 0 Å². The molecule has 0 amide bonds. The van der Waals surface area contributed by atoms with Crippen LogP contribution in [0.25, 0.3) is 0 Å². The first-order valence-electron chi connectivity index (χ1n) is 5.83. The maximum atomic E-state index is 10.8. The molecule has 0 spiro atoms. The molecule has 1 heterocycles. The van der Waals surface area contributed by atoms with E-state index < -0.39 is 5.79 Å². The number of carbonyl (C=O) groups excluding carboxylic acids is 1. The van der Waals surface area contributed by atoms with Crippen LogP contribution in [0.1, 0.15) is 12.5 Å². The third kappa shape index (κ3) is 3.48. The minimum absolute atomic E-state index is 0.192. The van der Waals surface area contributed by atoms with Crippen LogP contribution < -0.4 is 0 Å². The first-order chi connectivity index (χ1) is 9.05. The monoisotopic (exact) mass is 348 g/mol. The van der Waals surface area contributed by atoms with Crippen molar-refractivity contribution in [3.8, 4) is 0 Å². The number of rotatable bonds is 4. The van der Waals surface area contributed by atoms with Crippen molar-refractivity contribution < 1.29 is 19.0 Å². The fraction of sp³-hybridized carbons (Fsp3) is 0.462. The first kappa shape index (κ1) is 14.8. The predicted molar refractivity (Wildman–Crippen MR) is 74.4 cm³/mol. The van der Waals surface area contributed by atoms with Crippen LogP contribution in [0.15, 0.2) is 24.3 Å². The molecule has 1 aliphatic rings. The van der Waals surface area contributed by atoms with Crippen LogP contribution >= 0.6 is 27.5 Å². The fourth-order valence-electron chi connectivity index (χ4n) is 1.86. The lowest BCUT2D eigenvalue weighted by atomic mass is 10.1. The highest BCUT2D eigenvalue weighted by molar-refractivity contribution is 9.09. The van der Waals surface area contributed by atoms with Crippen molar-refractivity contribution in [2.45, 2.75) is 18.8 Å². The summed E-state index contributed by atoms with van der Waals surface area (Å²) in [6, 6.07) is 7.29. The Balaban J connectivity index is 2.08. The molecular formula is C13H14BrClO4. The van der Waals surface area contributed by atoms with Crippen molar-refractivity contribution in [2.24, 2.45) is 0 Å². The third-order valence-corrected chi connectivity index (χ3v) is 3.78. The van der Waals surface area contributed by atoms with Crippen molar-refractivity contribution in [3.05, 3.63) is 34.9 Å². The van der Waals surface area contributed by atoms with Crippen molar-refractivity contribution in [2.75, 3.05) is 18.5 Å². The molecule has 0 N–H and O–H groups in total. The van der Waals surface area contributed by atoms with E-state index in [1.807, 2.05) is 12.1 Å². The molecule has 104 valence electrons. The van der Waals surface area contributed by atoms with Crippen molar-refractivity contribution in [3.63, 3.8) is 0 Å². The zero-order chi connectivity index (χ0) is 13.9. The fourth-order valence-corrected chi connectivity index (χ4v) is 2.60. The molecule has 1 aromatic carbocycles. The van der Waals surface area contributed by atoms with Crippen LogP contribution in [0.2, 0.25) is 5.02 Å². The quantitative estimate of drug-likeness (QED) is 0.619. The minimum Gasteiger partial charge on any atom is -0.463 e. The number of benzene rings is 1. The van der Waals surface area contributed by atoms with E-state index in [2.05, 4.69) is 15.9 Å². The van der Waals surface area contributed by atoms with Gasteiger partial charge in [-0.2, -0.15) is 0 Å². The van der Waals surface area contributed by atoms with Gasteiger partial charge < -0.3 is 14.2 Å². The van der Waals surface area contributed by atoms with Gasteiger partial charge in [-0.1, -0.05) is 39.7 Å². The van der Waals surface area contributed by atoms with Gasteiger partial charge in [-0.3, -0.25) is 4.79 Å². The van der Waals surface area contributed by atoms with E-state index >= 15 is 0 Å². The molecule has 0 radical (unpaired) electrons. The summed E-state index contributed by atoms with van der Waals surface area (Å²) in [5.41, 5.74) is 0.874. The number of esters is 1. The predicted octanol–water partition coefficient (Wildman–Crippen LogP) is 2.87. The molecule has 1 aromatic rings. The number of carbonyl (C=O) groups is 1. The Morgan fingerprint density at radius 1 is 1.53 bits per heavy atom. The van der Waals surface area contributed by atoms with Gasteiger partial charge in [0, 0.05) is 17.5 Å². The normalized spacial score (nSPS) is 26.4. The Hall–Kier alpha value is -0.620. The average molecular weight is 350 g/mol. The van der Waals surface area contributed by atoms with Gasteiger partial charge in [-0.05, 0) is 12.1 Å². The van der Waals surface area contributed by atoms with Gasteiger partial charge in [-0.25, -0.2) is 0 Å². The number of ether oxygens (including phenoxy) is 3. The zero-order valence-electron chi connectivity index (χ0n) is 10.4. The zero-order valence-corrected chi connectivity index (χ0v) is 12.7. The highest BCUT2D eigenvalue weighted by Gasteiger charge is 2.42. The molecule has 2 rings (SSSR count). The summed E-state index contributed by atoms with van der Waals surface area (Å²) in [5, 5.41) is 1.14. The highest BCUT2D eigenvalue weighted by atomic mass is 79.9. The van der Waals surface area contributed by atoms with Crippen LogP contribution in [-0.2, 0) is 24.8 Å². The maximum Gasteiger partial charge on any atom is 0.302 e. The summed E-state index contributed by atoms with van der Waals surface area (Å²) >= 11 is 9.27. The summed E-state index contributed by atoms with van der Waals surface area (Å²) in [6.07, 6.45) is -0.267. The molecule has 0 aliphatic carbocycles. The maximum absolute atomic E-state index is 10.8. The summed E-state index contributed by atoms with van der Waals surface area (Å²) in [4.78, 5) is 10.8. The van der Waals surface area contributed by atoms with Gasteiger partial charge in [-0.15, -0.1) is 0 Å². The molecule has 0 bridgehead atoms. The highest BCUT2D eigenvalue weighted by Crippen LogP contribution is 2.36. The molecule has 19 heavy (non-hydrogen) atoms. The molecule has 0 saturated carbocycles. The average Bonchev–Trinajstić information content (AvgIpc) is 2.82. The number of halogens is 2. The Morgan fingerprint density at radius 2 is 2.21 bits per heavy atom. The molecule has 1 fully saturated rings. The summed E-state index contributed by atoms with van der Waals surface area (Å²) in [6.45, 7) is 1.94. The second-order valence-electron chi connectivity index (χ2n) is 4.25. The smallest absolute Gasteiger partial charge is 0.302 e. The van der Waals surface area contributed by atoms with Crippen LogP contribution in [-0.4, -0.2) is 30.6 Å². The van der Waals surface area contributed by atoms with Gasteiger partial charge in [0.05, 0.1) is 11.9 Å². The van der Waals surface area contributed by atoms with Crippen molar-refractivity contribution >= 4 is 33.5 Å². The van der Waals surface area contributed by atoms with Crippen LogP contribution in [0.3, 0.4) is 0 Å². The van der Waals surface area contributed by atoms with E-state index in [-0.39, 0.29) is 18.7 Å². The number of alkyl halides is 1.